The van der Waals surface area contributed by atoms with Gasteiger partial charge in [-0.3, -0.25) is 0 Å². The lowest BCUT2D eigenvalue weighted by Gasteiger charge is -2.06. The average Bonchev–Trinajstić information content (AvgIpc) is 2.60. The van der Waals surface area contributed by atoms with Crippen molar-refractivity contribution >= 4 is 34.2 Å². The van der Waals surface area contributed by atoms with E-state index in [1.54, 1.807) is 18.4 Å². The second-order valence-corrected chi connectivity index (χ2v) is 5.39. The SMILES string of the molecule is CC(C)CNCc1coc2cc(Cl)cc(Cl)c12. The van der Waals surface area contributed by atoms with Gasteiger partial charge in [0.15, 0.2) is 0 Å². The third-order valence-electron chi connectivity index (χ3n) is 2.54. The van der Waals surface area contributed by atoms with Gasteiger partial charge in [0.05, 0.1) is 11.3 Å². The summed E-state index contributed by atoms with van der Waals surface area (Å²) in [6.45, 7) is 6.07. The van der Waals surface area contributed by atoms with E-state index in [1.807, 2.05) is 0 Å². The van der Waals surface area contributed by atoms with Gasteiger partial charge in [-0.2, -0.15) is 0 Å². The first-order valence-corrected chi connectivity index (χ1v) is 6.39. The zero-order valence-electron chi connectivity index (χ0n) is 9.89. The number of benzene rings is 1. The fraction of sp³-hybridized carbons (Fsp3) is 0.385. The number of hydrogen-bond donors (Lipinski definition) is 1. The first kappa shape index (κ1) is 12.7. The average molecular weight is 272 g/mol. The molecule has 1 N–H and O–H groups in total. The molecule has 0 amide bonds. The maximum Gasteiger partial charge on any atom is 0.137 e. The van der Waals surface area contributed by atoms with E-state index in [4.69, 9.17) is 27.6 Å². The monoisotopic (exact) mass is 271 g/mol. The fourth-order valence-electron chi connectivity index (χ4n) is 1.77. The largest absolute Gasteiger partial charge is 0.464 e. The van der Waals surface area contributed by atoms with Crippen molar-refractivity contribution in [3.63, 3.8) is 0 Å². The van der Waals surface area contributed by atoms with Crippen LogP contribution in [-0.2, 0) is 6.54 Å². The standard InChI is InChI=1S/C13H15Cl2NO/c1-8(2)5-16-6-9-7-17-12-4-10(14)3-11(15)13(9)12/h3-4,7-8,16H,5-6H2,1-2H3. The number of halogens is 2. The predicted molar refractivity (Wildman–Crippen MR) is 72.8 cm³/mol. The number of nitrogens with one attached hydrogen (secondary N) is 1. The van der Waals surface area contributed by atoms with E-state index in [2.05, 4.69) is 19.2 Å². The van der Waals surface area contributed by atoms with Crippen molar-refractivity contribution in [2.24, 2.45) is 5.92 Å². The summed E-state index contributed by atoms with van der Waals surface area (Å²) in [4.78, 5) is 0. The highest BCUT2D eigenvalue weighted by molar-refractivity contribution is 6.38. The Kier molecular flexibility index (Phi) is 3.97. The van der Waals surface area contributed by atoms with Crippen LogP contribution in [0.25, 0.3) is 11.0 Å². The van der Waals surface area contributed by atoms with Gasteiger partial charge in [0.2, 0.25) is 0 Å². The maximum absolute atomic E-state index is 6.18. The Morgan fingerprint density at radius 2 is 2.06 bits per heavy atom. The van der Waals surface area contributed by atoms with Crippen molar-refractivity contribution in [3.05, 3.63) is 34.0 Å². The molecule has 0 fully saturated rings. The van der Waals surface area contributed by atoms with Crippen molar-refractivity contribution in [2.75, 3.05) is 6.54 Å². The zero-order valence-corrected chi connectivity index (χ0v) is 11.4. The van der Waals surface area contributed by atoms with Gasteiger partial charge in [-0.05, 0) is 18.5 Å². The minimum Gasteiger partial charge on any atom is -0.464 e. The molecular weight excluding hydrogens is 257 g/mol. The van der Waals surface area contributed by atoms with Crippen LogP contribution in [0.5, 0.6) is 0 Å². The lowest BCUT2D eigenvalue weighted by molar-refractivity contribution is 0.547. The highest BCUT2D eigenvalue weighted by atomic mass is 35.5. The molecule has 0 bridgehead atoms. The Morgan fingerprint density at radius 3 is 2.76 bits per heavy atom. The Bertz CT molecular complexity index is 519. The Hall–Kier alpha value is -0.700. The first-order chi connectivity index (χ1) is 8.08. The minimum atomic E-state index is 0.596. The molecule has 2 nitrogen and oxygen atoms in total. The Balaban J connectivity index is 2.24. The van der Waals surface area contributed by atoms with Crippen molar-refractivity contribution in [2.45, 2.75) is 20.4 Å². The van der Waals surface area contributed by atoms with E-state index in [9.17, 15) is 0 Å². The Labute approximate surface area is 111 Å². The lowest BCUT2D eigenvalue weighted by atomic mass is 10.1. The summed E-state index contributed by atoms with van der Waals surface area (Å²) in [6.07, 6.45) is 1.74. The minimum absolute atomic E-state index is 0.596. The maximum atomic E-state index is 6.18. The quantitative estimate of drug-likeness (QED) is 0.887. The molecule has 0 atom stereocenters. The predicted octanol–water partition coefficient (Wildman–Crippen LogP) is 4.49. The van der Waals surface area contributed by atoms with E-state index in [0.29, 0.717) is 16.0 Å². The topological polar surface area (TPSA) is 25.2 Å². The van der Waals surface area contributed by atoms with Crippen LogP contribution in [-0.4, -0.2) is 6.54 Å². The summed E-state index contributed by atoms with van der Waals surface area (Å²) in [6, 6.07) is 3.53. The van der Waals surface area contributed by atoms with Crippen LogP contribution in [0.3, 0.4) is 0 Å². The first-order valence-electron chi connectivity index (χ1n) is 5.63. The van der Waals surface area contributed by atoms with Gasteiger partial charge >= 0.3 is 0 Å². The number of rotatable bonds is 4. The number of furan rings is 1. The van der Waals surface area contributed by atoms with Crippen LogP contribution in [0.1, 0.15) is 19.4 Å². The highest BCUT2D eigenvalue weighted by Gasteiger charge is 2.10. The summed E-state index contributed by atoms with van der Waals surface area (Å²) in [5, 5.41) is 5.56. The zero-order chi connectivity index (χ0) is 12.4. The van der Waals surface area contributed by atoms with Gasteiger partial charge < -0.3 is 9.73 Å². The van der Waals surface area contributed by atoms with Gasteiger partial charge in [-0.15, -0.1) is 0 Å². The van der Waals surface area contributed by atoms with Crippen LogP contribution in [0.2, 0.25) is 10.0 Å². The van der Waals surface area contributed by atoms with Crippen molar-refractivity contribution in [1.29, 1.82) is 0 Å². The third kappa shape index (κ3) is 2.95. The summed E-state index contributed by atoms with van der Waals surface area (Å²) in [5.41, 5.74) is 1.81. The molecule has 0 radical (unpaired) electrons. The van der Waals surface area contributed by atoms with Gasteiger partial charge in [0, 0.05) is 28.6 Å². The molecule has 0 saturated heterocycles. The van der Waals surface area contributed by atoms with Gasteiger partial charge in [-0.1, -0.05) is 37.0 Å². The molecule has 1 aromatic heterocycles. The summed E-state index contributed by atoms with van der Waals surface area (Å²) in [5.74, 6) is 0.623. The molecule has 1 heterocycles. The smallest absolute Gasteiger partial charge is 0.137 e. The van der Waals surface area contributed by atoms with Crippen LogP contribution in [0.15, 0.2) is 22.8 Å². The number of hydrogen-bond acceptors (Lipinski definition) is 2. The Morgan fingerprint density at radius 1 is 1.29 bits per heavy atom. The van der Waals surface area contributed by atoms with Crippen molar-refractivity contribution in [3.8, 4) is 0 Å². The molecule has 17 heavy (non-hydrogen) atoms. The number of fused-ring (bicyclic) bond motifs is 1. The molecule has 0 aliphatic rings. The lowest BCUT2D eigenvalue weighted by Crippen LogP contribution is -2.18. The van der Waals surface area contributed by atoms with E-state index in [0.717, 1.165) is 29.6 Å². The van der Waals surface area contributed by atoms with E-state index in [-0.39, 0.29) is 0 Å². The normalized spacial score (nSPS) is 11.6. The molecular formula is C13H15Cl2NO. The summed E-state index contributed by atoms with van der Waals surface area (Å²) in [7, 11) is 0. The molecule has 0 spiro atoms. The summed E-state index contributed by atoms with van der Waals surface area (Å²) >= 11 is 12.1. The van der Waals surface area contributed by atoms with Crippen LogP contribution >= 0.6 is 23.2 Å². The highest BCUT2D eigenvalue weighted by Crippen LogP contribution is 2.31. The van der Waals surface area contributed by atoms with Gasteiger partial charge in [-0.25, -0.2) is 0 Å². The molecule has 0 saturated carbocycles. The van der Waals surface area contributed by atoms with Crippen molar-refractivity contribution < 1.29 is 4.42 Å². The molecule has 0 aliphatic heterocycles. The second kappa shape index (κ2) is 5.30. The summed E-state index contributed by atoms with van der Waals surface area (Å²) < 4.78 is 5.46. The van der Waals surface area contributed by atoms with Crippen LogP contribution < -0.4 is 5.32 Å². The molecule has 0 aliphatic carbocycles. The third-order valence-corrected chi connectivity index (χ3v) is 3.05. The molecule has 92 valence electrons. The molecule has 2 rings (SSSR count). The van der Waals surface area contributed by atoms with Crippen LogP contribution in [0.4, 0.5) is 0 Å². The van der Waals surface area contributed by atoms with Gasteiger partial charge in [0.1, 0.15) is 5.58 Å². The molecule has 4 heteroatoms. The van der Waals surface area contributed by atoms with Crippen LogP contribution in [0, 0.1) is 5.92 Å². The van der Waals surface area contributed by atoms with Crippen molar-refractivity contribution in [1.82, 2.24) is 5.32 Å². The van der Waals surface area contributed by atoms with E-state index < -0.39 is 0 Å². The second-order valence-electron chi connectivity index (χ2n) is 4.55. The van der Waals surface area contributed by atoms with E-state index in [1.165, 1.54) is 0 Å². The van der Waals surface area contributed by atoms with E-state index >= 15 is 0 Å². The molecule has 0 unspecified atom stereocenters. The fourth-order valence-corrected chi connectivity index (χ4v) is 2.37. The van der Waals surface area contributed by atoms with Gasteiger partial charge in [0.25, 0.3) is 0 Å². The molecule has 2 aromatic rings. The molecule has 1 aromatic carbocycles.